The summed E-state index contributed by atoms with van der Waals surface area (Å²) in [5.74, 6) is 0.391. The van der Waals surface area contributed by atoms with E-state index in [1.807, 2.05) is 0 Å². The molecule has 8 heteroatoms. The molecular formula is C19H19Cl2NO4S. The summed E-state index contributed by atoms with van der Waals surface area (Å²) in [5.41, 5.74) is 0.932. The molecule has 0 aromatic heterocycles. The van der Waals surface area contributed by atoms with Gasteiger partial charge in [-0.2, -0.15) is 8.42 Å². The fraction of sp³-hybridized carbons (Fsp3) is 0.316. The molecule has 0 saturated heterocycles. The first-order chi connectivity index (χ1) is 12.7. The van der Waals surface area contributed by atoms with E-state index < -0.39 is 10.1 Å². The molecule has 0 N–H and O–H groups in total. The third-order valence-electron chi connectivity index (χ3n) is 4.19. The van der Waals surface area contributed by atoms with Crippen LogP contribution in [0.5, 0.6) is 5.75 Å². The largest absolute Gasteiger partial charge is 0.382 e. The molecule has 2 aromatic rings. The van der Waals surface area contributed by atoms with E-state index >= 15 is 0 Å². The van der Waals surface area contributed by atoms with E-state index in [1.165, 1.54) is 6.07 Å². The van der Waals surface area contributed by atoms with Crippen LogP contribution in [0.25, 0.3) is 0 Å². The van der Waals surface area contributed by atoms with Crippen LogP contribution in [0.1, 0.15) is 28.8 Å². The van der Waals surface area contributed by atoms with Gasteiger partial charge in [0.05, 0.1) is 16.8 Å². The minimum Gasteiger partial charge on any atom is -0.382 e. The van der Waals surface area contributed by atoms with Crippen LogP contribution >= 0.6 is 23.2 Å². The molecule has 2 aromatic carbocycles. The number of nitrogens with zero attached hydrogens (tertiary/aromatic N) is 1. The van der Waals surface area contributed by atoms with Crippen molar-refractivity contribution in [1.82, 2.24) is 4.90 Å². The van der Waals surface area contributed by atoms with Crippen LogP contribution in [-0.2, 0) is 16.7 Å². The van der Waals surface area contributed by atoms with Gasteiger partial charge < -0.3 is 9.08 Å². The number of carbonyl (C=O) groups is 1. The van der Waals surface area contributed by atoms with Crippen molar-refractivity contribution >= 4 is 39.2 Å². The lowest BCUT2D eigenvalue weighted by Crippen LogP contribution is -2.33. The van der Waals surface area contributed by atoms with E-state index in [-0.39, 0.29) is 18.2 Å². The minimum absolute atomic E-state index is 0.162. The third-order valence-corrected chi connectivity index (χ3v) is 5.24. The van der Waals surface area contributed by atoms with Crippen LogP contribution in [0, 0.1) is 5.92 Å². The maximum absolute atomic E-state index is 13.1. The maximum atomic E-state index is 13.1. The van der Waals surface area contributed by atoms with Gasteiger partial charge in [-0.25, -0.2) is 0 Å². The van der Waals surface area contributed by atoms with E-state index in [1.54, 1.807) is 41.3 Å². The highest BCUT2D eigenvalue weighted by molar-refractivity contribution is 7.86. The van der Waals surface area contributed by atoms with E-state index in [2.05, 4.69) is 0 Å². The van der Waals surface area contributed by atoms with Crippen molar-refractivity contribution in [2.75, 3.05) is 12.8 Å². The normalized spacial score (nSPS) is 14.0. The average molecular weight is 428 g/mol. The molecule has 1 saturated carbocycles. The topological polar surface area (TPSA) is 63.7 Å². The zero-order valence-corrected chi connectivity index (χ0v) is 17.0. The Bertz CT molecular complexity index is 958. The van der Waals surface area contributed by atoms with Crippen LogP contribution in [-0.4, -0.2) is 32.0 Å². The molecule has 0 unspecified atom stereocenters. The molecule has 5 nitrogen and oxygen atoms in total. The van der Waals surface area contributed by atoms with Crippen LogP contribution in [0.15, 0.2) is 42.5 Å². The van der Waals surface area contributed by atoms with Gasteiger partial charge in [-0.05, 0) is 49.1 Å². The van der Waals surface area contributed by atoms with Crippen molar-refractivity contribution in [3.05, 3.63) is 63.6 Å². The molecule has 1 aliphatic carbocycles. The summed E-state index contributed by atoms with van der Waals surface area (Å²) in [5, 5.41) is 0.810. The molecule has 144 valence electrons. The van der Waals surface area contributed by atoms with E-state index in [0.717, 1.165) is 19.1 Å². The highest BCUT2D eigenvalue weighted by Crippen LogP contribution is 2.33. The van der Waals surface area contributed by atoms with Crippen molar-refractivity contribution in [2.24, 2.45) is 5.92 Å². The lowest BCUT2D eigenvalue weighted by atomic mass is 10.1. The second-order valence-electron chi connectivity index (χ2n) is 6.65. The van der Waals surface area contributed by atoms with E-state index in [4.69, 9.17) is 27.4 Å². The predicted octanol–water partition coefficient (Wildman–Crippen LogP) is 4.38. The summed E-state index contributed by atoms with van der Waals surface area (Å²) < 4.78 is 28.2. The van der Waals surface area contributed by atoms with Gasteiger partial charge in [0.1, 0.15) is 5.75 Å². The van der Waals surface area contributed by atoms with Crippen LogP contribution in [0.4, 0.5) is 0 Å². The standard InChI is InChI=1S/C19H19Cl2NO4S/c1-27(24,25)26-18-9-8-15(20)10-14(18)12-22(11-13-6-7-13)19(23)16-4-2-3-5-17(16)21/h2-5,8-10,13H,6-7,11-12H2,1H3. The Morgan fingerprint density at radius 1 is 1.19 bits per heavy atom. The molecule has 27 heavy (non-hydrogen) atoms. The van der Waals surface area contributed by atoms with Crippen molar-refractivity contribution in [3.63, 3.8) is 0 Å². The van der Waals surface area contributed by atoms with Crippen molar-refractivity contribution in [2.45, 2.75) is 19.4 Å². The molecule has 1 amide bonds. The monoisotopic (exact) mass is 427 g/mol. The Balaban J connectivity index is 1.92. The molecule has 1 fully saturated rings. The lowest BCUT2D eigenvalue weighted by Gasteiger charge is -2.24. The van der Waals surface area contributed by atoms with Gasteiger partial charge in [0, 0.05) is 23.7 Å². The summed E-state index contributed by atoms with van der Waals surface area (Å²) in [7, 11) is -3.71. The number of hydrogen-bond donors (Lipinski definition) is 0. The zero-order valence-electron chi connectivity index (χ0n) is 14.7. The number of amides is 1. The van der Waals surface area contributed by atoms with Gasteiger partial charge >= 0.3 is 10.1 Å². The Labute approximate surface area is 169 Å². The van der Waals surface area contributed by atoms with Crippen LogP contribution < -0.4 is 4.18 Å². The number of hydrogen-bond acceptors (Lipinski definition) is 4. The number of rotatable bonds is 7. The first kappa shape index (κ1) is 20.0. The van der Waals surface area contributed by atoms with Gasteiger partial charge in [0.15, 0.2) is 0 Å². The summed E-state index contributed by atoms with van der Waals surface area (Å²) in [6.07, 6.45) is 3.10. The number of halogens is 2. The molecule has 3 rings (SSSR count). The molecule has 0 radical (unpaired) electrons. The van der Waals surface area contributed by atoms with Gasteiger partial charge in [-0.3, -0.25) is 4.79 Å². The van der Waals surface area contributed by atoms with Gasteiger partial charge in [-0.1, -0.05) is 35.3 Å². The Morgan fingerprint density at radius 3 is 2.52 bits per heavy atom. The SMILES string of the molecule is CS(=O)(=O)Oc1ccc(Cl)cc1CN(CC1CC1)C(=O)c1ccccc1Cl. The third kappa shape index (κ3) is 5.61. The first-order valence-electron chi connectivity index (χ1n) is 8.44. The number of benzene rings is 2. The molecule has 0 atom stereocenters. The molecular weight excluding hydrogens is 409 g/mol. The fourth-order valence-electron chi connectivity index (χ4n) is 2.76. The quantitative estimate of drug-likeness (QED) is 0.614. The Morgan fingerprint density at radius 2 is 1.89 bits per heavy atom. The summed E-state index contributed by atoms with van der Waals surface area (Å²) in [4.78, 5) is 14.7. The summed E-state index contributed by atoms with van der Waals surface area (Å²) in [6, 6.07) is 11.5. The molecule has 0 heterocycles. The maximum Gasteiger partial charge on any atom is 0.306 e. The minimum atomic E-state index is -3.71. The highest BCUT2D eigenvalue weighted by Gasteiger charge is 2.29. The second-order valence-corrected chi connectivity index (χ2v) is 9.07. The average Bonchev–Trinajstić information content (AvgIpc) is 3.39. The van der Waals surface area contributed by atoms with E-state index in [0.29, 0.717) is 33.6 Å². The van der Waals surface area contributed by atoms with Crippen molar-refractivity contribution < 1.29 is 17.4 Å². The Hall–Kier alpha value is -1.76. The lowest BCUT2D eigenvalue weighted by molar-refractivity contribution is 0.0734. The second kappa shape index (κ2) is 8.09. The van der Waals surface area contributed by atoms with Gasteiger partial charge in [-0.15, -0.1) is 0 Å². The number of carbonyl (C=O) groups excluding carboxylic acids is 1. The molecule has 0 aliphatic heterocycles. The summed E-state index contributed by atoms with van der Waals surface area (Å²) in [6.45, 7) is 0.737. The smallest absolute Gasteiger partial charge is 0.306 e. The van der Waals surface area contributed by atoms with Gasteiger partial charge in [0.2, 0.25) is 0 Å². The summed E-state index contributed by atoms with van der Waals surface area (Å²) >= 11 is 12.3. The molecule has 1 aliphatic rings. The van der Waals surface area contributed by atoms with Gasteiger partial charge in [0.25, 0.3) is 5.91 Å². The first-order valence-corrected chi connectivity index (χ1v) is 11.0. The van der Waals surface area contributed by atoms with E-state index in [9.17, 15) is 13.2 Å². The molecule has 0 spiro atoms. The molecule has 0 bridgehead atoms. The zero-order chi connectivity index (χ0) is 19.6. The van der Waals surface area contributed by atoms with Crippen LogP contribution in [0.3, 0.4) is 0 Å². The fourth-order valence-corrected chi connectivity index (χ4v) is 3.66. The van der Waals surface area contributed by atoms with Crippen LogP contribution in [0.2, 0.25) is 10.0 Å². The highest BCUT2D eigenvalue weighted by atomic mass is 35.5. The Kier molecular flexibility index (Phi) is 5.99. The van der Waals surface area contributed by atoms with Crippen molar-refractivity contribution in [1.29, 1.82) is 0 Å². The van der Waals surface area contributed by atoms with Crippen molar-refractivity contribution in [3.8, 4) is 5.75 Å². The predicted molar refractivity (Wildman–Crippen MR) is 106 cm³/mol.